The molecule has 1 unspecified atom stereocenters. The quantitative estimate of drug-likeness (QED) is 0.779. The first-order chi connectivity index (χ1) is 9.61. The van der Waals surface area contributed by atoms with Crippen molar-refractivity contribution in [3.63, 3.8) is 0 Å². The summed E-state index contributed by atoms with van der Waals surface area (Å²) in [5.74, 6) is 1.28. The lowest BCUT2D eigenvalue weighted by Gasteiger charge is -2.19. The van der Waals surface area contributed by atoms with Gasteiger partial charge < -0.3 is 5.32 Å². The molecule has 1 fully saturated rings. The van der Waals surface area contributed by atoms with E-state index in [1.54, 1.807) is 0 Å². The lowest BCUT2D eigenvalue weighted by atomic mass is 9.90. The Labute approximate surface area is 128 Å². The highest BCUT2D eigenvalue weighted by molar-refractivity contribution is 7.11. The van der Waals surface area contributed by atoms with Crippen molar-refractivity contribution in [3.05, 3.63) is 15.6 Å². The molecule has 114 valence electrons. The zero-order valence-corrected chi connectivity index (χ0v) is 14.4. The second kappa shape index (κ2) is 7.56. The van der Waals surface area contributed by atoms with Crippen molar-refractivity contribution in [2.24, 2.45) is 0 Å². The van der Waals surface area contributed by atoms with E-state index in [0.717, 1.165) is 12.5 Å². The van der Waals surface area contributed by atoms with E-state index in [2.05, 4.69) is 33.0 Å². The zero-order chi connectivity index (χ0) is 14.5. The first-order valence-corrected chi connectivity index (χ1v) is 9.16. The monoisotopic (exact) mass is 294 g/mol. The van der Waals surface area contributed by atoms with Gasteiger partial charge >= 0.3 is 0 Å². The minimum atomic E-state index is 0.539. The molecule has 1 aromatic heterocycles. The third-order valence-electron chi connectivity index (χ3n) is 4.47. The summed E-state index contributed by atoms with van der Waals surface area (Å²) in [7, 11) is 0. The Morgan fingerprint density at radius 2 is 1.90 bits per heavy atom. The van der Waals surface area contributed by atoms with E-state index < -0.39 is 0 Å². The molecule has 2 nitrogen and oxygen atoms in total. The van der Waals surface area contributed by atoms with Crippen LogP contribution >= 0.6 is 11.3 Å². The molecule has 0 aromatic carbocycles. The number of hydrogen-bond donors (Lipinski definition) is 1. The summed E-state index contributed by atoms with van der Waals surface area (Å²) in [6.07, 6.45) is 8.09. The zero-order valence-electron chi connectivity index (χ0n) is 13.5. The van der Waals surface area contributed by atoms with Crippen molar-refractivity contribution < 1.29 is 0 Å². The van der Waals surface area contributed by atoms with E-state index in [4.69, 9.17) is 4.98 Å². The van der Waals surface area contributed by atoms with Crippen molar-refractivity contribution in [1.29, 1.82) is 0 Å². The Kier molecular flexibility index (Phi) is 6.03. The fourth-order valence-electron chi connectivity index (χ4n) is 2.90. The van der Waals surface area contributed by atoms with Gasteiger partial charge in [-0.1, -0.05) is 40.0 Å². The van der Waals surface area contributed by atoms with E-state index in [9.17, 15) is 0 Å². The first kappa shape index (κ1) is 16.0. The molecule has 0 spiro atoms. The highest BCUT2D eigenvalue weighted by Crippen LogP contribution is 2.37. The summed E-state index contributed by atoms with van der Waals surface area (Å²) in [6.45, 7) is 10.0. The Hall–Kier alpha value is -0.410. The third kappa shape index (κ3) is 4.05. The Morgan fingerprint density at radius 1 is 1.20 bits per heavy atom. The van der Waals surface area contributed by atoms with Crippen LogP contribution in [0.4, 0.5) is 0 Å². The number of aromatic nitrogens is 1. The molecule has 0 radical (unpaired) electrons. The van der Waals surface area contributed by atoms with Gasteiger partial charge in [0.1, 0.15) is 0 Å². The second-order valence-corrected chi connectivity index (χ2v) is 7.66. The average molecular weight is 295 g/mol. The molecular weight excluding hydrogens is 264 g/mol. The fraction of sp³-hybridized carbons (Fsp3) is 0.824. The summed E-state index contributed by atoms with van der Waals surface area (Å²) in [6, 6.07) is 0.593. The van der Waals surface area contributed by atoms with Gasteiger partial charge in [0.05, 0.1) is 10.7 Å². The van der Waals surface area contributed by atoms with Crippen LogP contribution in [-0.2, 0) is 6.54 Å². The van der Waals surface area contributed by atoms with E-state index in [1.807, 2.05) is 11.3 Å². The number of nitrogens with one attached hydrogen (secondary N) is 1. The molecule has 0 saturated heterocycles. The van der Waals surface area contributed by atoms with Gasteiger partial charge in [0, 0.05) is 23.4 Å². The van der Waals surface area contributed by atoms with Crippen molar-refractivity contribution in [3.8, 4) is 0 Å². The highest BCUT2D eigenvalue weighted by atomic mass is 32.1. The van der Waals surface area contributed by atoms with E-state index in [0.29, 0.717) is 12.0 Å². The Morgan fingerprint density at radius 3 is 2.50 bits per heavy atom. The maximum Gasteiger partial charge on any atom is 0.0962 e. The van der Waals surface area contributed by atoms with E-state index in [1.165, 1.54) is 54.1 Å². The van der Waals surface area contributed by atoms with Crippen LogP contribution in [0.5, 0.6) is 0 Å². The molecule has 20 heavy (non-hydrogen) atoms. The predicted molar refractivity (Wildman–Crippen MR) is 88.6 cm³/mol. The molecule has 1 saturated carbocycles. The van der Waals surface area contributed by atoms with Crippen molar-refractivity contribution in [1.82, 2.24) is 10.3 Å². The number of nitrogens with zero attached hydrogens (tertiary/aromatic N) is 1. The van der Waals surface area contributed by atoms with Gasteiger partial charge in [-0.25, -0.2) is 4.98 Å². The van der Waals surface area contributed by atoms with Crippen LogP contribution in [0.1, 0.15) is 93.6 Å². The smallest absolute Gasteiger partial charge is 0.0962 e. The van der Waals surface area contributed by atoms with Crippen LogP contribution in [0, 0.1) is 0 Å². The minimum absolute atomic E-state index is 0.539. The molecule has 1 atom stereocenters. The van der Waals surface area contributed by atoms with Gasteiger partial charge in [0.15, 0.2) is 0 Å². The SMILES string of the molecule is CCC(C)NCc1sc(C2CCCCC2)nc1C(C)C. The Balaban J connectivity index is 2.10. The van der Waals surface area contributed by atoms with Crippen molar-refractivity contribution in [2.75, 3.05) is 0 Å². The van der Waals surface area contributed by atoms with Gasteiger partial charge in [-0.3, -0.25) is 0 Å². The second-order valence-electron chi connectivity index (χ2n) is 6.54. The van der Waals surface area contributed by atoms with Crippen LogP contribution < -0.4 is 5.32 Å². The lowest BCUT2D eigenvalue weighted by molar-refractivity contribution is 0.441. The van der Waals surface area contributed by atoms with Crippen molar-refractivity contribution in [2.45, 2.75) is 90.6 Å². The molecule has 1 N–H and O–H groups in total. The normalized spacial score (nSPS) is 18.6. The van der Waals surface area contributed by atoms with Crippen LogP contribution in [-0.4, -0.2) is 11.0 Å². The molecule has 1 heterocycles. The van der Waals surface area contributed by atoms with E-state index in [-0.39, 0.29) is 0 Å². The summed E-state index contributed by atoms with van der Waals surface area (Å²) in [5, 5.41) is 5.04. The molecular formula is C17H30N2S. The average Bonchev–Trinajstić information content (AvgIpc) is 2.90. The fourth-order valence-corrected chi connectivity index (χ4v) is 4.24. The molecule has 2 rings (SSSR count). The molecule has 0 amide bonds. The highest BCUT2D eigenvalue weighted by Gasteiger charge is 2.22. The van der Waals surface area contributed by atoms with Gasteiger partial charge in [0.2, 0.25) is 0 Å². The molecule has 1 aliphatic rings. The maximum atomic E-state index is 5.02. The summed E-state index contributed by atoms with van der Waals surface area (Å²) in [5.41, 5.74) is 1.34. The molecule has 0 aliphatic heterocycles. The maximum absolute atomic E-state index is 5.02. The standard InChI is InChI=1S/C17H30N2S/c1-5-13(4)18-11-15-16(12(2)3)19-17(20-15)14-9-7-6-8-10-14/h12-14,18H,5-11H2,1-4H3. The number of hydrogen-bond acceptors (Lipinski definition) is 3. The Bertz CT molecular complexity index is 405. The summed E-state index contributed by atoms with van der Waals surface area (Å²) in [4.78, 5) is 6.49. The third-order valence-corrected chi connectivity index (χ3v) is 5.70. The van der Waals surface area contributed by atoms with Crippen LogP contribution in [0.15, 0.2) is 0 Å². The molecule has 0 bridgehead atoms. The number of thiazole rings is 1. The molecule has 1 aromatic rings. The first-order valence-electron chi connectivity index (χ1n) is 8.34. The topological polar surface area (TPSA) is 24.9 Å². The summed E-state index contributed by atoms with van der Waals surface area (Å²) < 4.78 is 0. The van der Waals surface area contributed by atoms with Crippen LogP contribution in [0.3, 0.4) is 0 Å². The van der Waals surface area contributed by atoms with Crippen LogP contribution in [0.2, 0.25) is 0 Å². The minimum Gasteiger partial charge on any atom is -0.309 e. The lowest BCUT2D eigenvalue weighted by Crippen LogP contribution is -2.24. The van der Waals surface area contributed by atoms with Gasteiger partial charge in [-0.15, -0.1) is 11.3 Å². The molecule has 3 heteroatoms. The summed E-state index contributed by atoms with van der Waals surface area (Å²) >= 11 is 1.97. The predicted octanol–water partition coefficient (Wildman–Crippen LogP) is 5.20. The molecule has 1 aliphatic carbocycles. The van der Waals surface area contributed by atoms with Gasteiger partial charge in [0.25, 0.3) is 0 Å². The van der Waals surface area contributed by atoms with Gasteiger partial charge in [-0.2, -0.15) is 0 Å². The van der Waals surface area contributed by atoms with E-state index >= 15 is 0 Å². The van der Waals surface area contributed by atoms with Gasteiger partial charge in [-0.05, 0) is 32.1 Å². The number of rotatable bonds is 6. The van der Waals surface area contributed by atoms with Crippen LogP contribution in [0.25, 0.3) is 0 Å². The van der Waals surface area contributed by atoms with Crippen molar-refractivity contribution >= 4 is 11.3 Å². The largest absolute Gasteiger partial charge is 0.309 e.